The first-order valence-corrected chi connectivity index (χ1v) is 8.32. The smallest absolute Gasteiger partial charge is 0.0508 e. The van der Waals surface area contributed by atoms with E-state index in [4.69, 9.17) is 5.73 Å². The Morgan fingerprint density at radius 3 is 2.85 bits per heavy atom. The van der Waals surface area contributed by atoms with E-state index in [2.05, 4.69) is 57.9 Å². The summed E-state index contributed by atoms with van der Waals surface area (Å²) in [5.74, 6) is 0. The Morgan fingerprint density at radius 1 is 1.50 bits per heavy atom. The predicted octanol–water partition coefficient (Wildman–Crippen LogP) is 3.39. The van der Waals surface area contributed by atoms with E-state index in [1.165, 1.54) is 30.6 Å². The van der Waals surface area contributed by atoms with Crippen molar-refractivity contribution >= 4 is 21.6 Å². The molecular weight excluding hydrogens is 314 g/mol. The highest BCUT2D eigenvalue weighted by atomic mass is 79.9. The molecule has 0 saturated carbocycles. The number of hydrogen-bond acceptors (Lipinski definition) is 3. The molecule has 0 aromatic heterocycles. The zero-order valence-corrected chi connectivity index (χ0v) is 14.4. The largest absolute Gasteiger partial charge is 0.372 e. The molecule has 1 aliphatic rings. The van der Waals surface area contributed by atoms with Crippen LogP contribution in [-0.4, -0.2) is 37.6 Å². The van der Waals surface area contributed by atoms with Crippen LogP contribution in [0.1, 0.15) is 38.3 Å². The van der Waals surface area contributed by atoms with Crippen LogP contribution in [0, 0.1) is 0 Å². The van der Waals surface area contributed by atoms with Gasteiger partial charge in [0, 0.05) is 30.1 Å². The number of rotatable bonds is 5. The third-order valence-electron chi connectivity index (χ3n) is 4.30. The molecule has 20 heavy (non-hydrogen) atoms. The molecule has 0 aliphatic carbocycles. The first-order valence-electron chi connectivity index (χ1n) is 7.53. The van der Waals surface area contributed by atoms with Crippen molar-refractivity contribution in [3.8, 4) is 0 Å². The van der Waals surface area contributed by atoms with Crippen molar-refractivity contribution in [3.05, 3.63) is 28.2 Å². The second-order valence-electron chi connectivity index (χ2n) is 5.80. The van der Waals surface area contributed by atoms with Gasteiger partial charge in [0.05, 0.1) is 5.69 Å². The fraction of sp³-hybridized carbons (Fsp3) is 0.625. The maximum Gasteiger partial charge on any atom is 0.0508 e. The third-order valence-corrected chi connectivity index (χ3v) is 4.93. The van der Waals surface area contributed by atoms with Gasteiger partial charge < -0.3 is 10.6 Å². The number of likely N-dealkylation sites (N-methyl/N-ethyl adjacent to an activating group) is 2. The van der Waals surface area contributed by atoms with Gasteiger partial charge in [0.1, 0.15) is 0 Å². The molecule has 0 radical (unpaired) electrons. The molecule has 2 N–H and O–H groups in total. The van der Waals surface area contributed by atoms with Gasteiger partial charge in [0.15, 0.2) is 0 Å². The summed E-state index contributed by atoms with van der Waals surface area (Å²) in [6, 6.07) is 7.21. The molecule has 0 spiro atoms. The van der Waals surface area contributed by atoms with Gasteiger partial charge in [-0.15, -0.1) is 0 Å². The summed E-state index contributed by atoms with van der Waals surface area (Å²) in [5, 5.41) is 0. The van der Waals surface area contributed by atoms with E-state index in [0.717, 1.165) is 17.6 Å². The van der Waals surface area contributed by atoms with Gasteiger partial charge in [-0.1, -0.05) is 13.0 Å². The SMILES string of the molecule is CCN1CCCC1CN(C)c1ccc([C@@H](C)N)cc1Br. The average molecular weight is 340 g/mol. The highest BCUT2D eigenvalue weighted by Crippen LogP contribution is 2.29. The summed E-state index contributed by atoms with van der Waals surface area (Å²) >= 11 is 3.69. The first kappa shape index (κ1) is 15.8. The number of halogens is 1. The highest BCUT2D eigenvalue weighted by molar-refractivity contribution is 9.10. The normalized spacial score (nSPS) is 21.1. The maximum atomic E-state index is 5.94. The Labute approximate surface area is 131 Å². The molecule has 0 amide bonds. The van der Waals surface area contributed by atoms with E-state index >= 15 is 0 Å². The van der Waals surface area contributed by atoms with E-state index in [0.29, 0.717) is 6.04 Å². The summed E-state index contributed by atoms with van der Waals surface area (Å²) in [5.41, 5.74) is 8.35. The molecule has 0 bridgehead atoms. The minimum Gasteiger partial charge on any atom is -0.372 e. The predicted molar refractivity (Wildman–Crippen MR) is 90.3 cm³/mol. The quantitative estimate of drug-likeness (QED) is 0.892. The average Bonchev–Trinajstić information content (AvgIpc) is 2.85. The summed E-state index contributed by atoms with van der Waals surface area (Å²) in [6.07, 6.45) is 2.64. The molecule has 2 atom stereocenters. The molecule has 1 unspecified atom stereocenters. The number of hydrogen-bond donors (Lipinski definition) is 1. The van der Waals surface area contributed by atoms with Crippen molar-refractivity contribution in [1.82, 2.24) is 4.90 Å². The number of nitrogens with zero attached hydrogens (tertiary/aromatic N) is 2. The van der Waals surface area contributed by atoms with Crippen LogP contribution in [0.2, 0.25) is 0 Å². The summed E-state index contributed by atoms with van der Waals surface area (Å²) in [4.78, 5) is 4.94. The lowest BCUT2D eigenvalue weighted by molar-refractivity contribution is 0.270. The van der Waals surface area contributed by atoms with E-state index in [-0.39, 0.29) is 6.04 Å². The third kappa shape index (κ3) is 3.54. The van der Waals surface area contributed by atoms with Crippen molar-refractivity contribution in [2.75, 3.05) is 31.6 Å². The summed E-state index contributed by atoms with van der Waals surface area (Å²) < 4.78 is 1.14. The monoisotopic (exact) mass is 339 g/mol. The van der Waals surface area contributed by atoms with Crippen molar-refractivity contribution in [1.29, 1.82) is 0 Å². The van der Waals surface area contributed by atoms with Gasteiger partial charge in [0.25, 0.3) is 0 Å². The van der Waals surface area contributed by atoms with Crippen molar-refractivity contribution in [3.63, 3.8) is 0 Å². The van der Waals surface area contributed by atoms with E-state index in [9.17, 15) is 0 Å². The Balaban J connectivity index is 2.07. The van der Waals surface area contributed by atoms with Gasteiger partial charge in [0.2, 0.25) is 0 Å². The van der Waals surface area contributed by atoms with Crippen molar-refractivity contribution in [2.45, 2.75) is 38.8 Å². The van der Waals surface area contributed by atoms with Gasteiger partial charge in [-0.2, -0.15) is 0 Å². The van der Waals surface area contributed by atoms with E-state index in [1.807, 2.05) is 6.92 Å². The minimum absolute atomic E-state index is 0.0797. The second kappa shape index (κ2) is 6.92. The highest BCUT2D eigenvalue weighted by Gasteiger charge is 2.24. The van der Waals surface area contributed by atoms with Gasteiger partial charge >= 0.3 is 0 Å². The summed E-state index contributed by atoms with van der Waals surface area (Å²) in [6.45, 7) is 7.77. The first-order chi connectivity index (χ1) is 9.52. The molecule has 1 aromatic carbocycles. The van der Waals surface area contributed by atoms with Crippen LogP contribution in [0.3, 0.4) is 0 Å². The lowest BCUT2D eigenvalue weighted by atomic mass is 10.1. The van der Waals surface area contributed by atoms with Crippen molar-refractivity contribution in [2.24, 2.45) is 5.73 Å². The van der Waals surface area contributed by atoms with Crippen LogP contribution in [0.4, 0.5) is 5.69 Å². The molecule has 112 valence electrons. The Bertz CT molecular complexity index is 447. The molecule has 1 fully saturated rings. The zero-order chi connectivity index (χ0) is 14.7. The maximum absolute atomic E-state index is 5.94. The number of benzene rings is 1. The molecule has 1 heterocycles. The number of likely N-dealkylation sites (tertiary alicyclic amines) is 1. The minimum atomic E-state index is 0.0797. The molecule has 2 rings (SSSR count). The Kier molecular flexibility index (Phi) is 5.47. The standard InChI is InChI=1S/C16H26BrN3/c1-4-20-9-5-6-14(20)11-19(3)16-8-7-13(12(2)18)10-15(16)17/h7-8,10,12,14H,4-6,9,11,18H2,1-3H3/t12-,14?/m1/s1. The fourth-order valence-electron chi connectivity index (χ4n) is 3.05. The van der Waals surface area contributed by atoms with Gasteiger partial charge in [-0.05, 0) is 66.5 Å². The van der Waals surface area contributed by atoms with Crippen LogP contribution in [0.25, 0.3) is 0 Å². The van der Waals surface area contributed by atoms with E-state index in [1.54, 1.807) is 0 Å². The molecule has 4 heteroatoms. The number of nitrogens with two attached hydrogens (primary N) is 1. The lowest BCUT2D eigenvalue weighted by Crippen LogP contribution is -2.38. The van der Waals surface area contributed by atoms with E-state index < -0.39 is 0 Å². The number of anilines is 1. The second-order valence-corrected chi connectivity index (χ2v) is 6.66. The van der Waals surface area contributed by atoms with Gasteiger partial charge in [-0.3, -0.25) is 4.90 Å². The van der Waals surface area contributed by atoms with Gasteiger partial charge in [-0.25, -0.2) is 0 Å². The Hall–Kier alpha value is -0.580. The Morgan fingerprint density at radius 2 is 2.25 bits per heavy atom. The topological polar surface area (TPSA) is 32.5 Å². The van der Waals surface area contributed by atoms with Crippen LogP contribution in [-0.2, 0) is 0 Å². The molecule has 1 saturated heterocycles. The summed E-state index contributed by atoms with van der Waals surface area (Å²) in [7, 11) is 2.18. The molecule has 1 aliphatic heterocycles. The fourth-order valence-corrected chi connectivity index (χ4v) is 3.75. The van der Waals surface area contributed by atoms with Crippen LogP contribution >= 0.6 is 15.9 Å². The van der Waals surface area contributed by atoms with Crippen LogP contribution in [0.15, 0.2) is 22.7 Å². The molecular formula is C16H26BrN3. The van der Waals surface area contributed by atoms with Crippen LogP contribution < -0.4 is 10.6 Å². The zero-order valence-electron chi connectivity index (χ0n) is 12.8. The van der Waals surface area contributed by atoms with Crippen molar-refractivity contribution < 1.29 is 0 Å². The molecule has 3 nitrogen and oxygen atoms in total. The molecule has 1 aromatic rings. The lowest BCUT2D eigenvalue weighted by Gasteiger charge is -2.29. The van der Waals surface area contributed by atoms with Crippen LogP contribution in [0.5, 0.6) is 0 Å².